The van der Waals surface area contributed by atoms with Crippen LogP contribution in [-0.2, 0) is 6.54 Å². The number of nitrogens with zero attached hydrogens (tertiary/aromatic N) is 3. The van der Waals surface area contributed by atoms with Crippen molar-refractivity contribution in [2.45, 2.75) is 6.54 Å². The molecule has 0 amide bonds. The Kier molecular flexibility index (Phi) is 3.84. The molecule has 0 bridgehead atoms. The summed E-state index contributed by atoms with van der Waals surface area (Å²) < 4.78 is 21.1. The van der Waals surface area contributed by atoms with E-state index in [0.29, 0.717) is 28.4 Å². The molecule has 0 aliphatic heterocycles. The minimum Gasteiger partial charge on any atom is -0.494 e. The topological polar surface area (TPSA) is 66.0 Å². The van der Waals surface area contributed by atoms with Gasteiger partial charge in [-0.05, 0) is 24.3 Å². The molecule has 2 aromatic carbocycles. The Labute approximate surface area is 127 Å². The Morgan fingerprint density at radius 1 is 1.14 bits per heavy atom. The van der Waals surface area contributed by atoms with Gasteiger partial charge in [-0.2, -0.15) is 0 Å². The molecule has 22 heavy (non-hydrogen) atoms. The number of aromatic nitrogens is 3. The van der Waals surface area contributed by atoms with Crippen molar-refractivity contribution in [1.82, 2.24) is 15.0 Å². The van der Waals surface area contributed by atoms with Crippen molar-refractivity contribution in [2.24, 2.45) is 5.73 Å². The Hall–Kier alpha value is -2.73. The average molecular weight is 298 g/mol. The molecule has 0 fully saturated rings. The fourth-order valence-electron chi connectivity index (χ4n) is 2.35. The van der Waals surface area contributed by atoms with E-state index in [2.05, 4.69) is 10.3 Å². The summed E-state index contributed by atoms with van der Waals surface area (Å²) in [5.74, 6) is 0.268. The van der Waals surface area contributed by atoms with Crippen molar-refractivity contribution in [3.63, 3.8) is 0 Å². The van der Waals surface area contributed by atoms with Crippen LogP contribution in [0.3, 0.4) is 0 Å². The summed E-state index contributed by atoms with van der Waals surface area (Å²) in [6, 6.07) is 13.8. The lowest BCUT2D eigenvalue weighted by atomic mass is 10.1. The minimum absolute atomic E-state index is 0.165. The SMILES string of the molecule is COc1ccccc1-n1nnc(CN)c1-c1ccccc1F. The number of hydrogen-bond donors (Lipinski definition) is 1. The van der Waals surface area contributed by atoms with Crippen LogP contribution in [0.1, 0.15) is 5.69 Å². The summed E-state index contributed by atoms with van der Waals surface area (Å²) in [5.41, 5.74) is 7.87. The highest BCUT2D eigenvalue weighted by Gasteiger charge is 2.19. The Bertz CT molecular complexity index is 800. The molecular formula is C16H15FN4O. The van der Waals surface area contributed by atoms with Gasteiger partial charge in [0.05, 0.1) is 7.11 Å². The first kappa shape index (κ1) is 14.2. The number of halogens is 1. The quantitative estimate of drug-likeness (QED) is 0.804. The van der Waals surface area contributed by atoms with E-state index in [1.807, 2.05) is 24.3 Å². The van der Waals surface area contributed by atoms with E-state index in [1.165, 1.54) is 6.07 Å². The molecular weight excluding hydrogens is 283 g/mol. The number of rotatable bonds is 4. The molecule has 5 nitrogen and oxygen atoms in total. The third-order valence-electron chi connectivity index (χ3n) is 3.38. The van der Waals surface area contributed by atoms with Crippen LogP contribution in [0, 0.1) is 5.82 Å². The fourth-order valence-corrected chi connectivity index (χ4v) is 2.35. The third kappa shape index (κ3) is 2.33. The Morgan fingerprint density at radius 2 is 1.86 bits per heavy atom. The molecule has 0 unspecified atom stereocenters. The molecule has 0 saturated heterocycles. The van der Waals surface area contributed by atoms with Crippen molar-refractivity contribution in [3.8, 4) is 22.7 Å². The molecule has 112 valence electrons. The van der Waals surface area contributed by atoms with E-state index in [-0.39, 0.29) is 12.4 Å². The number of para-hydroxylation sites is 2. The summed E-state index contributed by atoms with van der Waals surface area (Å²) in [7, 11) is 1.57. The van der Waals surface area contributed by atoms with Crippen molar-refractivity contribution >= 4 is 0 Å². The zero-order chi connectivity index (χ0) is 15.5. The smallest absolute Gasteiger partial charge is 0.144 e. The van der Waals surface area contributed by atoms with Gasteiger partial charge < -0.3 is 10.5 Å². The van der Waals surface area contributed by atoms with Gasteiger partial charge in [0.2, 0.25) is 0 Å². The van der Waals surface area contributed by atoms with Gasteiger partial charge in [0.1, 0.15) is 28.6 Å². The van der Waals surface area contributed by atoms with Crippen LogP contribution in [-0.4, -0.2) is 22.1 Å². The van der Waals surface area contributed by atoms with E-state index in [4.69, 9.17) is 10.5 Å². The van der Waals surface area contributed by atoms with Crippen molar-refractivity contribution in [2.75, 3.05) is 7.11 Å². The minimum atomic E-state index is -0.351. The third-order valence-corrected chi connectivity index (χ3v) is 3.38. The van der Waals surface area contributed by atoms with Gasteiger partial charge in [-0.1, -0.05) is 29.5 Å². The zero-order valence-electron chi connectivity index (χ0n) is 12.0. The second-order valence-electron chi connectivity index (χ2n) is 4.65. The number of ether oxygens (including phenoxy) is 1. The van der Waals surface area contributed by atoms with E-state index in [9.17, 15) is 4.39 Å². The van der Waals surface area contributed by atoms with Gasteiger partial charge in [-0.3, -0.25) is 0 Å². The summed E-state index contributed by atoms with van der Waals surface area (Å²) in [6.45, 7) is 0.165. The lowest BCUT2D eigenvalue weighted by Crippen LogP contribution is -2.05. The molecule has 3 rings (SSSR count). The first-order valence-corrected chi connectivity index (χ1v) is 6.79. The molecule has 1 aromatic heterocycles. The molecule has 0 radical (unpaired) electrons. The molecule has 1 heterocycles. The van der Waals surface area contributed by atoms with Gasteiger partial charge >= 0.3 is 0 Å². The van der Waals surface area contributed by atoms with Crippen LogP contribution in [0.25, 0.3) is 16.9 Å². The normalized spacial score (nSPS) is 10.7. The molecule has 3 aromatic rings. The summed E-state index contributed by atoms with van der Waals surface area (Å²) in [4.78, 5) is 0. The lowest BCUT2D eigenvalue weighted by Gasteiger charge is -2.12. The van der Waals surface area contributed by atoms with E-state index >= 15 is 0 Å². The molecule has 0 aliphatic carbocycles. The standard InChI is InChI=1S/C16H15FN4O/c1-22-15-9-5-4-8-14(15)21-16(13(10-18)19-20-21)11-6-2-3-7-12(11)17/h2-9H,10,18H2,1H3. The predicted octanol–water partition coefficient (Wildman–Crippen LogP) is 2.54. The van der Waals surface area contributed by atoms with Crippen molar-refractivity contribution < 1.29 is 9.13 Å². The molecule has 0 spiro atoms. The van der Waals surface area contributed by atoms with Crippen LogP contribution >= 0.6 is 0 Å². The van der Waals surface area contributed by atoms with Crippen LogP contribution < -0.4 is 10.5 Å². The van der Waals surface area contributed by atoms with Crippen LogP contribution in [0.15, 0.2) is 48.5 Å². The molecule has 0 atom stereocenters. The highest BCUT2D eigenvalue weighted by molar-refractivity contribution is 5.66. The first-order valence-electron chi connectivity index (χ1n) is 6.79. The highest BCUT2D eigenvalue weighted by Crippen LogP contribution is 2.30. The summed E-state index contributed by atoms with van der Waals surface area (Å²) in [5, 5.41) is 8.19. The number of benzene rings is 2. The Balaban J connectivity index is 2.27. The van der Waals surface area contributed by atoms with Crippen LogP contribution in [0.4, 0.5) is 4.39 Å². The molecule has 0 saturated carbocycles. The fraction of sp³-hybridized carbons (Fsp3) is 0.125. The maximum Gasteiger partial charge on any atom is 0.144 e. The van der Waals surface area contributed by atoms with E-state index in [0.717, 1.165) is 0 Å². The summed E-state index contributed by atoms with van der Waals surface area (Å²) >= 11 is 0. The van der Waals surface area contributed by atoms with Gasteiger partial charge in [0.25, 0.3) is 0 Å². The Morgan fingerprint density at radius 3 is 2.59 bits per heavy atom. The van der Waals surface area contributed by atoms with Crippen LogP contribution in [0.2, 0.25) is 0 Å². The lowest BCUT2D eigenvalue weighted by molar-refractivity contribution is 0.411. The van der Waals surface area contributed by atoms with Gasteiger partial charge in [-0.15, -0.1) is 5.10 Å². The second-order valence-corrected chi connectivity index (χ2v) is 4.65. The van der Waals surface area contributed by atoms with Crippen molar-refractivity contribution in [3.05, 3.63) is 60.0 Å². The highest BCUT2D eigenvalue weighted by atomic mass is 19.1. The molecule has 0 aliphatic rings. The molecule has 6 heteroatoms. The predicted molar refractivity (Wildman–Crippen MR) is 81.2 cm³/mol. The average Bonchev–Trinajstić information content (AvgIpc) is 2.98. The van der Waals surface area contributed by atoms with Crippen molar-refractivity contribution in [1.29, 1.82) is 0 Å². The van der Waals surface area contributed by atoms with E-state index < -0.39 is 0 Å². The zero-order valence-corrected chi connectivity index (χ0v) is 12.0. The number of nitrogens with two attached hydrogens (primary N) is 1. The largest absolute Gasteiger partial charge is 0.494 e. The first-order chi connectivity index (χ1) is 10.8. The van der Waals surface area contributed by atoms with Gasteiger partial charge in [0, 0.05) is 12.1 Å². The summed E-state index contributed by atoms with van der Waals surface area (Å²) in [6.07, 6.45) is 0. The van der Waals surface area contributed by atoms with Gasteiger partial charge in [0.15, 0.2) is 0 Å². The maximum absolute atomic E-state index is 14.2. The van der Waals surface area contributed by atoms with E-state index in [1.54, 1.807) is 30.0 Å². The van der Waals surface area contributed by atoms with Gasteiger partial charge in [-0.25, -0.2) is 9.07 Å². The second kappa shape index (κ2) is 5.95. The number of methoxy groups -OCH3 is 1. The maximum atomic E-state index is 14.2. The molecule has 2 N–H and O–H groups in total. The van der Waals surface area contributed by atoms with Crippen LogP contribution in [0.5, 0.6) is 5.75 Å². The number of hydrogen-bond acceptors (Lipinski definition) is 4. The monoisotopic (exact) mass is 298 g/mol.